The maximum absolute atomic E-state index is 12.2. The number of hydrogen-bond donors (Lipinski definition) is 2. The van der Waals surface area contributed by atoms with Crippen LogP contribution in [0.15, 0.2) is 47.4 Å². The van der Waals surface area contributed by atoms with Gasteiger partial charge in [0.05, 0.1) is 21.0 Å². The number of carbonyl (C=O) groups excluding carboxylic acids is 1. The minimum absolute atomic E-state index is 0.0495. The predicted molar refractivity (Wildman–Crippen MR) is 90.2 cm³/mol. The molecule has 23 heavy (non-hydrogen) atoms. The summed E-state index contributed by atoms with van der Waals surface area (Å²) in [5, 5.41) is 8.65. The average molecular weight is 373 g/mol. The van der Waals surface area contributed by atoms with E-state index in [9.17, 15) is 13.2 Å². The molecule has 0 aliphatic heterocycles. The van der Waals surface area contributed by atoms with Gasteiger partial charge < -0.3 is 5.32 Å². The molecule has 0 spiro atoms. The molecule has 5 nitrogen and oxygen atoms in total. The van der Waals surface area contributed by atoms with Crippen molar-refractivity contribution in [3.63, 3.8) is 0 Å². The molecule has 0 saturated heterocycles. The van der Waals surface area contributed by atoms with Crippen molar-refractivity contribution in [3.8, 4) is 0 Å². The monoisotopic (exact) mass is 372 g/mol. The highest BCUT2D eigenvalue weighted by molar-refractivity contribution is 7.89. The molecule has 0 fully saturated rings. The molecule has 0 saturated carbocycles. The molecule has 0 heterocycles. The molecule has 1 unspecified atom stereocenters. The van der Waals surface area contributed by atoms with Gasteiger partial charge in [-0.3, -0.25) is 4.79 Å². The van der Waals surface area contributed by atoms with E-state index < -0.39 is 10.0 Å². The molecular formula is C15H14Cl2N2O3S. The molecule has 0 aliphatic rings. The van der Waals surface area contributed by atoms with Crippen molar-refractivity contribution in [1.82, 2.24) is 5.32 Å². The number of hydrogen-bond acceptors (Lipinski definition) is 3. The van der Waals surface area contributed by atoms with Crippen molar-refractivity contribution in [2.45, 2.75) is 17.9 Å². The van der Waals surface area contributed by atoms with Crippen LogP contribution in [0.3, 0.4) is 0 Å². The van der Waals surface area contributed by atoms with E-state index in [1.54, 1.807) is 25.1 Å². The zero-order chi connectivity index (χ0) is 17.2. The zero-order valence-corrected chi connectivity index (χ0v) is 14.4. The Balaban J connectivity index is 2.13. The Morgan fingerprint density at radius 1 is 1.09 bits per heavy atom. The van der Waals surface area contributed by atoms with Gasteiger partial charge in [0.15, 0.2) is 0 Å². The van der Waals surface area contributed by atoms with Crippen molar-refractivity contribution in [2.75, 3.05) is 0 Å². The number of amides is 1. The van der Waals surface area contributed by atoms with Crippen LogP contribution in [-0.4, -0.2) is 14.3 Å². The fraction of sp³-hybridized carbons (Fsp3) is 0.133. The lowest BCUT2D eigenvalue weighted by atomic mass is 10.1. The lowest BCUT2D eigenvalue weighted by Crippen LogP contribution is -2.26. The smallest absolute Gasteiger partial charge is 0.251 e. The third-order valence-electron chi connectivity index (χ3n) is 3.24. The molecule has 8 heteroatoms. The Hall–Kier alpha value is -1.60. The highest BCUT2D eigenvalue weighted by atomic mass is 35.5. The van der Waals surface area contributed by atoms with E-state index in [1.165, 1.54) is 24.3 Å². The number of carbonyl (C=O) groups is 1. The molecular weight excluding hydrogens is 359 g/mol. The van der Waals surface area contributed by atoms with Crippen LogP contribution < -0.4 is 10.5 Å². The maximum Gasteiger partial charge on any atom is 0.251 e. The van der Waals surface area contributed by atoms with Crippen molar-refractivity contribution < 1.29 is 13.2 Å². The van der Waals surface area contributed by atoms with E-state index in [0.717, 1.165) is 5.56 Å². The first-order valence-electron chi connectivity index (χ1n) is 6.57. The molecule has 3 N–H and O–H groups in total. The molecule has 2 aromatic rings. The maximum atomic E-state index is 12.2. The second kappa shape index (κ2) is 6.88. The molecule has 2 rings (SSSR count). The van der Waals surface area contributed by atoms with E-state index in [-0.39, 0.29) is 16.8 Å². The summed E-state index contributed by atoms with van der Waals surface area (Å²) in [6, 6.07) is 10.2. The van der Waals surface area contributed by atoms with Gasteiger partial charge in [0.2, 0.25) is 10.0 Å². The fourth-order valence-electron chi connectivity index (χ4n) is 1.94. The van der Waals surface area contributed by atoms with Crippen LogP contribution in [0.1, 0.15) is 28.9 Å². The standard InChI is InChI=1S/C15H14Cl2N2O3S/c1-9(11-4-7-13(16)14(17)8-11)19-15(20)10-2-5-12(6-3-10)23(18,21)22/h2-9H,1H3,(H,19,20)(H2,18,21,22). The van der Waals surface area contributed by atoms with Crippen LogP contribution in [0.4, 0.5) is 0 Å². The summed E-state index contributed by atoms with van der Waals surface area (Å²) in [6.07, 6.45) is 0. The lowest BCUT2D eigenvalue weighted by Gasteiger charge is -2.15. The van der Waals surface area contributed by atoms with E-state index in [2.05, 4.69) is 5.32 Å². The van der Waals surface area contributed by atoms with Gasteiger partial charge in [-0.05, 0) is 48.9 Å². The summed E-state index contributed by atoms with van der Waals surface area (Å²) < 4.78 is 22.4. The third-order valence-corrected chi connectivity index (χ3v) is 4.90. The molecule has 1 atom stereocenters. The number of sulfonamides is 1. The third kappa shape index (κ3) is 4.45. The molecule has 0 aromatic heterocycles. The quantitative estimate of drug-likeness (QED) is 0.863. The first-order chi connectivity index (χ1) is 10.7. The summed E-state index contributed by atoms with van der Waals surface area (Å²) >= 11 is 11.8. The molecule has 0 radical (unpaired) electrons. The van der Waals surface area contributed by atoms with Crippen LogP contribution in [-0.2, 0) is 10.0 Å². The van der Waals surface area contributed by atoms with Crippen LogP contribution in [0, 0.1) is 0 Å². The minimum Gasteiger partial charge on any atom is -0.346 e. The summed E-state index contributed by atoms with van der Waals surface area (Å²) in [6.45, 7) is 1.80. The number of halogens is 2. The molecule has 0 aliphatic carbocycles. The predicted octanol–water partition coefficient (Wildman–Crippen LogP) is 3.13. The Morgan fingerprint density at radius 3 is 2.22 bits per heavy atom. The van der Waals surface area contributed by atoms with Crippen molar-refractivity contribution in [2.24, 2.45) is 5.14 Å². The second-order valence-corrected chi connectivity index (χ2v) is 7.31. The minimum atomic E-state index is -3.78. The molecule has 2 aromatic carbocycles. The van der Waals surface area contributed by atoms with Crippen LogP contribution in [0.25, 0.3) is 0 Å². The Kier molecular flexibility index (Phi) is 5.31. The number of benzene rings is 2. The van der Waals surface area contributed by atoms with Gasteiger partial charge >= 0.3 is 0 Å². The van der Waals surface area contributed by atoms with Crippen LogP contribution >= 0.6 is 23.2 Å². The molecule has 1 amide bonds. The van der Waals surface area contributed by atoms with Gasteiger partial charge in [-0.25, -0.2) is 13.6 Å². The first kappa shape index (κ1) is 17.7. The highest BCUT2D eigenvalue weighted by Gasteiger charge is 2.14. The second-order valence-electron chi connectivity index (χ2n) is 4.94. The van der Waals surface area contributed by atoms with Gasteiger partial charge in [-0.2, -0.15) is 0 Å². The summed E-state index contributed by atoms with van der Waals surface area (Å²) in [4.78, 5) is 12.1. The summed E-state index contributed by atoms with van der Waals surface area (Å²) in [5.74, 6) is -0.343. The van der Waals surface area contributed by atoms with Crippen molar-refractivity contribution in [1.29, 1.82) is 0 Å². The highest BCUT2D eigenvalue weighted by Crippen LogP contribution is 2.25. The number of primary sulfonamides is 1. The molecule has 122 valence electrons. The average Bonchev–Trinajstić information content (AvgIpc) is 2.49. The van der Waals surface area contributed by atoms with E-state index in [4.69, 9.17) is 28.3 Å². The summed E-state index contributed by atoms with van der Waals surface area (Å²) in [5.41, 5.74) is 1.12. The van der Waals surface area contributed by atoms with Crippen molar-refractivity contribution >= 4 is 39.1 Å². The largest absolute Gasteiger partial charge is 0.346 e. The first-order valence-corrected chi connectivity index (χ1v) is 8.87. The number of nitrogens with two attached hydrogens (primary N) is 1. The van der Waals surface area contributed by atoms with E-state index in [0.29, 0.717) is 15.6 Å². The SMILES string of the molecule is CC(NC(=O)c1ccc(S(N)(=O)=O)cc1)c1ccc(Cl)c(Cl)c1. The van der Waals surface area contributed by atoms with Gasteiger partial charge in [0, 0.05) is 5.56 Å². The zero-order valence-electron chi connectivity index (χ0n) is 12.1. The Morgan fingerprint density at radius 2 is 1.70 bits per heavy atom. The van der Waals surface area contributed by atoms with Crippen LogP contribution in [0.2, 0.25) is 10.0 Å². The number of rotatable bonds is 4. The Bertz CT molecular complexity index is 836. The van der Waals surface area contributed by atoms with Gasteiger partial charge in [-0.15, -0.1) is 0 Å². The van der Waals surface area contributed by atoms with E-state index in [1.807, 2.05) is 0 Å². The van der Waals surface area contributed by atoms with Gasteiger partial charge in [0.1, 0.15) is 0 Å². The lowest BCUT2D eigenvalue weighted by molar-refractivity contribution is 0.0940. The fourth-order valence-corrected chi connectivity index (χ4v) is 2.76. The van der Waals surface area contributed by atoms with E-state index >= 15 is 0 Å². The normalized spacial score (nSPS) is 12.7. The van der Waals surface area contributed by atoms with Gasteiger partial charge in [0.25, 0.3) is 5.91 Å². The number of nitrogens with one attached hydrogen (secondary N) is 1. The summed E-state index contributed by atoms with van der Waals surface area (Å²) in [7, 11) is -3.78. The molecule has 0 bridgehead atoms. The van der Waals surface area contributed by atoms with Crippen LogP contribution in [0.5, 0.6) is 0 Å². The van der Waals surface area contributed by atoms with Gasteiger partial charge in [-0.1, -0.05) is 29.3 Å². The Labute approximate surface area is 144 Å². The van der Waals surface area contributed by atoms with Crippen molar-refractivity contribution in [3.05, 3.63) is 63.6 Å². The topological polar surface area (TPSA) is 89.3 Å².